The van der Waals surface area contributed by atoms with Crippen molar-refractivity contribution in [2.45, 2.75) is 12.8 Å². The van der Waals surface area contributed by atoms with Crippen LogP contribution in [0.15, 0.2) is 67.0 Å². The fourth-order valence-corrected chi connectivity index (χ4v) is 2.41. The molecule has 0 radical (unpaired) electrons. The summed E-state index contributed by atoms with van der Waals surface area (Å²) in [4.78, 5) is 20.9. The number of nitriles is 1. The van der Waals surface area contributed by atoms with Gasteiger partial charge in [0.05, 0.1) is 17.2 Å². The highest BCUT2D eigenvalue weighted by atomic mass is 16.1. The summed E-state index contributed by atoms with van der Waals surface area (Å²) in [6, 6.07) is 18.7. The molecule has 0 unspecified atom stereocenters. The number of ketones is 1. The van der Waals surface area contributed by atoms with Crippen molar-refractivity contribution < 1.29 is 4.79 Å². The van der Waals surface area contributed by atoms with Crippen molar-refractivity contribution in [1.82, 2.24) is 9.97 Å². The lowest BCUT2D eigenvalue weighted by Gasteiger charge is -2.03. The molecule has 3 aromatic rings. The number of nitrogens with zero attached hydrogens (tertiary/aromatic N) is 3. The maximum absolute atomic E-state index is 12.3. The molecular weight excluding hydrogens is 298 g/mol. The molecular formula is C20H15N3O. The largest absolute Gasteiger partial charge is 0.288 e. The number of rotatable bonds is 5. The third kappa shape index (κ3) is 3.71. The van der Waals surface area contributed by atoms with Gasteiger partial charge in [0.25, 0.3) is 0 Å². The minimum atomic E-state index is -0.0797. The number of carbonyl (C=O) groups excluding carboxylic acids is 1. The molecule has 0 fully saturated rings. The molecule has 0 saturated carbocycles. The van der Waals surface area contributed by atoms with Crippen molar-refractivity contribution >= 4 is 5.78 Å². The Hall–Kier alpha value is -3.32. The molecule has 116 valence electrons. The van der Waals surface area contributed by atoms with Crippen molar-refractivity contribution in [2.24, 2.45) is 0 Å². The number of aryl methyl sites for hydroxylation is 2. The lowest BCUT2D eigenvalue weighted by Crippen LogP contribution is -2.05. The van der Waals surface area contributed by atoms with Gasteiger partial charge in [-0.25, -0.2) is 9.97 Å². The number of hydrogen-bond acceptors (Lipinski definition) is 4. The van der Waals surface area contributed by atoms with Crippen LogP contribution in [0.25, 0.3) is 0 Å². The molecule has 1 heterocycles. The Bertz CT molecular complexity index is 881. The molecule has 3 rings (SSSR count). The van der Waals surface area contributed by atoms with E-state index in [1.807, 2.05) is 36.4 Å². The molecule has 0 saturated heterocycles. The van der Waals surface area contributed by atoms with E-state index in [1.165, 1.54) is 0 Å². The first kappa shape index (κ1) is 15.6. The van der Waals surface area contributed by atoms with Gasteiger partial charge >= 0.3 is 0 Å². The first-order valence-corrected chi connectivity index (χ1v) is 7.66. The number of hydrogen-bond donors (Lipinski definition) is 0. The highest BCUT2D eigenvalue weighted by molar-refractivity contribution is 6.08. The van der Waals surface area contributed by atoms with Crippen molar-refractivity contribution in [1.29, 1.82) is 5.26 Å². The SMILES string of the molecule is N#Cc1cccc(CCc2ncc(C(=O)c3ccccc3)cn2)c1. The maximum Gasteiger partial charge on any atom is 0.196 e. The summed E-state index contributed by atoms with van der Waals surface area (Å²) in [5, 5.41) is 8.92. The Morgan fingerprint density at radius 1 is 0.917 bits per heavy atom. The quantitative estimate of drug-likeness (QED) is 0.677. The second-order valence-electron chi connectivity index (χ2n) is 5.40. The lowest BCUT2D eigenvalue weighted by atomic mass is 10.1. The van der Waals surface area contributed by atoms with Crippen LogP contribution in [0.1, 0.15) is 32.9 Å². The third-order valence-electron chi connectivity index (χ3n) is 3.70. The van der Waals surface area contributed by atoms with Gasteiger partial charge in [-0.3, -0.25) is 4.79 Å². The molecule has 0 aliphatic rings. The van der Waals surface area contributed by atoms with Gasteiger partial charge in [0.1, 0.15) is 5.82 Å². The van der Waals surface area contributed by atoms with Gasteiger partial charge in [-0.1, -0.05) is 42.5 Å². The monoisotopic (exact) mass is 313 g/mol. The van der Waals surface area contributed by atoms with E-state index in [-0.39, 0.29) is 5.78 Å². The number of carbonyl (C=O) groups is 1. The minimum Gasteiger partial charge on any atom is -0.288 e. The predicted octanol–water partition coefficient (Wildman–Crippen LogP) is 3.36. The summed E-state index contributed by atoms with van der Waals surface area (Å²) >= 11 is 0. The zero-order valence-electron chi connectivity index (χ0n) is 13.0. The van der Waals surface area contributed by atoms with Crippen molar-refractivity contribution in [3.05, 3.63) is 95.1 Å². The van der Waals surface area contributed by atoms with Gasteiger partial charge in [-0.05, 0) is 24.1 Å². The first-order chi connectivity index (χ1) is 11.8. The normalized spacial score (nSPS) is 10.1. The molecule has 0 spiro atoms. The van der Waals surface area contributed by atoms with Crippen LogP contribution in [0.2, 0.25) is 0 Å². The highest BCUT2D eigenvalue weighted by Gasteiger charge is 2.09. The molecule has 0 aliphatic carbocycles. The summed E-state index contributed by atoms with van der Waals surface area (Å²) in [5.74, 6) is 0.603. The summed E-state index contributed by atoms with van der Waals surface area (Å²) < 4.78 is 0. The van der Waals surface area contributed by atoms with E-state index >= 15 is 0 Å². The van der Waals surface area contributed by atoms with Gasteiger partial charge in [-0.15, -0.1) is 0 Å². The highest BCUT2D eigenvalue weighted by Crippen LogP contribution is 2.10. The molecule has 4 nitrogen and oxygen atoms in total. The van der Waals surface area contributed by atoms with E-state index < -0.39 is 0 Å². The second kappa shape index (κ2) is 7.30. The fourth-order valence-electron chi connectivity index (χ4n) is 2.41. The van der Waals surface area contributed by atoms with Gasteiger partial charge in [0.2, 0.25) is 0 Å². The van der Waals surface area contributed by atoms with Crippen molar-refractivity contribution in [3.8, 4) is 6.07 Å². The van der Waals surface area contributed by atoms with Crippen LogP contribution >= 0.6 is 0 Å². The van der Waals surface area contributed by atoms with Crippen LogP contribution in [0.3, 0.4) is 0 Å². The molecule has 1 aromatic heterocycles. The topological polar surface area (TPSA) is 66.6 Å². The number of benzene rings is 2. The van der Waals surface area contributed by atoms with E-state index in [0.717, 1.165) is 12.0 Å². The molecule has 24 heavy (non-hydrogen) atoms. The Morgan fingerprint density at radius 2 is 1.67 bits per heavy atom. The summed E-state index contributed by atoms with van der Waals surface area (Å²) in [5.41, 5.74) is 2.83. The smallest absolute Gasteiger partial charge is 0.196 e. The van der Waals surface area contributed by atoms with Crippen LogP contribution in [0.4, 0.5) is 0 Å². The summed E-state index contributed by atoms with van der Waals surface area (Å²) in [6.45, 7) is 0. The Labute approximate surface area is 140 Å². The Morgan fingerprint density at radius 3 is 2.38 bits per heavy atom. The summed E-state index contributed by atoms with van der Waals surface area (Å²) in [7, 11) is 0. The lowest BCUT2D eigenvalue weighted by molar-refractivity contribution is 0.103. The van der Waals surface area contributed by atoms with E-state index in [1.54, 1.807) is 30.6 Å². The zero-order chi connectivity index (χ0) is 16.8. The Kier molecular flexibility index (Phi) is 4.73. The van der Waals surface area contributed by atoms with Gasteiger partial charge in [0, 0.05) is 24.4 Å². The Balaban J connectivity index is 1.66. The average Bonchev–Trinajstić information content (AvgIpc) is 2.67. The third-order valence-corrected chi connectivity index (χ3v) is 3.70. The van der Waals surface area contributed by atoms with Crippen LogP contribution in [0.5, 0.6) is 0 Å². The minimum absolute atomic E-state index is 0.0797. The first-order valence-electron chi connectivity index (χ1n) is 7.66. The van der Waals surface area contributed by atoms with Crippen molar-refractivity contribution in [3.63, 3.8) is 0 Å². The summed E-state index contributed by atoms with van der Waals surface area (Å²) in [6.07, 6.45) is 4.56. The standard InChI is InChI=1S/C20H15N3O/c21-12-16-6-4-5-15(11-16)9-10-19-22-13-18(14-23-19)20(24)17-7-2-1-3-8-17/h1-8,11,13-14H,9-10H2. The molecule has 0 N–H and O–H groups in total. The van der Waals surface area contributed by atoms with Crippen LogP contribution in [-0.4, -0.2) is 15.8 Å². The van der Waals surface area contributed by atoms with Gasteiger partial charge in [0.15, 0.2) is 5.78 Å². The average molecular weight is 313 g/mol. The van der Waals surface area contributed by atoms with Crippen LogP contribution in [0, 0.1) is 11.3 Å². The number of aromatic nitrogens is 2. The molecule has 2 aromatic carbocycles. The fraction of sp³-hybridized carbons (Fsp3) is 0.100. The van der Waals surface area contributed by atoms with Gasteiger partial charge < -0.3 is 0 Å². The molecule has 0 bridgehead atoms. The predicted molar refractivity (Wildman–Crippen MR) is 90.5 cm³/mol. The molecule has 0 atom stereocenters. The van der Waals surface area contributed by atoms with Crippen LogP contribution < -0.4 is 0 Å². The van der Waals surface area contributed by atoms with Crippen molar-refractivity contribution in [2.75, 3.05) is 0 Å². The molecule has 4 heteroatoms. The van der Waals surface area contributed by atoms with Gasteiger partial charge in [-0.2, -0.15) is 5.26 Å². The van der Waals surface area contributed by atoms with E-state index in [9.17, 15) is 4.79 Å². The van der Waals surface area contributed by atoms with E-state index in [2.05, 4.69) is 16.0 Å². The molecule has 0 amide bonds. The zero-order valence-corrected chi connectivity index (χ0v) is 13.0. The molecule has 0 aliphatic heterocycles. The van der Waals surface area contributed by atoms with Crippen LogP contribution in [-0.2, 0) is 12.8 Å². The second-order valence-corrected chi connectivity index (χ2v) is 5.40. The van der Waals surface area contributed by atoms with E-state index in [0.29, 0.717) is 28.9 Å². The maximum atomic E-state index is 12.3. The van der Waals surface area contributed by atoms with E-state index in [4.69, 9.17) is 5.26 Å².